The molecule has 0 aromatic heterocycles. The SMILES string of the molecule is CC(=O)c1ccc(C2CNC(=O)C2)cc1C. The van der Waals surface area contributed by atoms with Gasteiger partial charge in [-0.2, -0.15) is 0 Å². The second-order valence-electron chi connectivity index (χ2n) is 4.34. The highest BCUT2D eigenvalue weighted by Crippen LogP contribution is 2.25. The van der Waals surface area contributed by atoms with E-state index in [2.05, 4.69) is 5.32 Å². The molecule has 3 nitrogen and oxygen atoms in total. The van der Waals surface area contributed by atoms with Gasteiger partial charge in [-0.1, -0.05) is 18.2 Å². The van der Waals surface area contributed by atoms with E-state index in [4.69, 9.17) is 0 Å². The molecule has 84 valence electrons. The zero-order valence-electron chi connectivity index (χ0n) is 9.54. The van der Waals surface area contributed by atoms with E-state index in [0.29, 0.717) is 13.0 Å². The molecule has 3 heteroatoms. The average molecular weight is 217 g/mol. The Morgan fingerprint density at radius 1 is 1.44 bits per heavy atom. The lowest BCUT2D eigenvalue weighted by Crippen LogP contribution is -2.13. The quantitative estimate of drug-likeness (QED) is 0.768. The van der Waals surface area contributed by atoms with Gasteiger partial charge in [0.1, 0.15) is 0 Å². The summed E-state index contributed by atoms with van der Waals surface area (Å²) in [6.07, 6.45) is 0.554. The van der Waals surface area contributed by atoms with Gasteiger partial charge in [0.15, 0.2) is 5.78 Å². The number of ketones is 1. The van der Waals surface area contributed by atoms with Gasteiger partial charge in [0.25, 0.3) is 0 Å². The molecule has 16 heavy (non-hydrogen) atoms. The van der Waals surface area contributed by atoms with Crippen LogP contribution in [0, 0.1) is 6.92 Å². The van der Waals surface area contributed by atoms with Crippen molar-refractivity contribution in [1.29, 1.82) is 0 Å². The third kappa shape index (κ3) is 1.98. The fraction of sp³-hybridized carbons (Fsp3) is 0.385. The summed E-state index contributed by atoms with van der Waals surface area (Å²) in [5, 5.41) is 2.82. The van der Waals surface area contributed by atoms with Crippen LogP contribution in [0.1, 0.15) is 40.7 Å². The summed E-state index contributed by atoms with van der Waals surface area (Å²) in [5.74, 6) is 0.454. The van der Waals surface area contributed by atoms with Crippen LogP contribution in [-0.4, -0.2) is 18.2 Å². The highest BCUT2D eigenvalue weighted by Gasteiger charge is 2.23. The van der Waals surface area contributed by atoms with E-state index in [9.17, 15) is 9.59 Å². The van der Waals surface area contributed by atoms with Crippen molar-refractivity contribution in [2.75, 3.05) is 6.54 Å². The van der Waals surface area contributed by atoms with E-state index in [0.717, 1.165) is 16.7 Å². The van der Waals surface area contributed by atoms with Crippen molar-refractivity contribution in [3.8, 4) is 0 Å². The van der Waals surface area contributed by atoms with Crippen LogP contribution in [0.15, 0.2) is 18.2 Å². The van der Waals surface area contributed by atoms with Crippen molar-refractivity contribution < 1.29 is 9.59 Å². The zero-order chi connectivity index (χ0) is 11.7. The molecule has 0 saturated carbocycles. The van der Waals surface area contributed by atoms with Gasteiger partial charge < -0.3 is 5.32 Å². The maximum Gasteiger partial charge on any atom is 0.220 e. The van der Waals surface area contributed by atoms with Crippen LogP contribution < -0.4 is 5.32 Å². The number of Topliss-reactive ketones (excluding diaryl/α,β-unsaturated/α-hetero) is 1. The fourth-order valence-corrected chi connectivity index (χ4v) is 2.18. The second kappa shape index (κ2) is 4.08. The van der Waals surface area contributed by atoms with Gasteiger partial charge in [0.05, 0.1) is 0 Å². The predicted molar refractivity (Wildman–Crippen MR) is 61.6 cm³/mol. The van der Waals surface area contributed by atoms with Gasteiger partial charge in [0.2, 0.25) is 5.91 Å². The molecule has 1 fully saturated rings. The van der Waals surface area contributed by atoms with Gasteiger partial charge in [-0.3, -0.25) is 9.59 Å². The summed E-state index contributed by atoms with van der Waals surface area (Å²) in [6, 6.07) is 5.83. The van der Waals surface area contributed by atoms with E-state index in [1.807, 2.05) is 25.1 Å². The van der Waals surface area contributed by atoms with E-state index in [1.165, 1.54) is 0 Å². The van der Waals surface area contributed by atoms with E-state index < -0.39 is 0 Å². The number of hydrogen-bond acceptors (Lipinski definition) is 2. The smallest absolute Gasteiger partial charge is 0.220 e. The van der Waals surface area contributed by atoms with Crippen LogP contribution in [0.4, 0.5) is 0 Å². The lowest BCUT2D eigenvalue weighted by atomic mass is 9.94. The minimum atomic E-state index is 0.0877. The first-order valence-electron chi connectivity index (χ1n) is 5.46. The molecule has 1 aromatic rings. The Kier molecular flexibility index (Phi) is 2.77. The van der Waals surface area contributed by atoms with Crippen molar-refractivity contribution in [3.05, 3.63) is 34.9 Å². The van der Waals surface area contributed by atoms with Crippen molar-refractivity contribution in [1.82, 2.24) is 5.32 Å². The van der Waals surface area contributed by atoms with E-state index in [1.54, 1.807) is 6.92 Å². The van der Waals surface area contributed by atoms with Gasteiger partial charge in [-0.25, -0.2) is 0 Å². The normalized spacial score (nSPS) is 19.6. The summed E-state index contributed by atoms with van der Waals surface area (Å²) in [4.78, 5) is 22.4. The van der Waals surface area contributed by atoms with Crippen LogP contribution in [0.25, 0.3) is 0 Å². The Labute approximate surface area is 94.9 Å². The molecular weight excluding hydrogens is 202 g/mol. The Balaban J connectivity index is 2.27. The van der Waals surface area contributed by atoms with Crippen molar-refractivity contribution >= 4 is 11.7 Å². The maximum absolute atomic E-state index is 11.3. The third-order valence-corrected chi connectivity index (χ3v) is 3.08. The average Bonchev–Trinajstić information content (AvgIpc) is 2.64. The van der Waals surface area contributed by atoms with Gasteiger partial charge in [-0.05, 0) is 25.0 Å². The van der Waals surface area contributed by atoms with E-state index >= 15 is 0 Å². The van der Waals surface area contributed by atoms with Crippen LogP contribution in [-0.2, 0) is 4.79 Å². The molecule has 1 heterocycles. The summed E-state index contributed by atoms with van der Waals surface area (Å²) in [5.41, 5.74) is 2.89. The standard InChI is InChI=1S/C13H15NO2/c1-8-5-10(3-4-12(8)9(2)15)11-6-13(16)14-7-11/h3-5,11H,6-7H2,1-2H3,(H,14,16). The molecule has 1 aromatic carbocycles. The minimum absolute atomic E-state index is 0.0877. The number of hydrogen-bond donors (Lipinski definition) is 1. The number of nitrogens with one attached hydrogen (secondary N) is 1. The zero-order valence-corrected chi connectivity index (χ0v) is 9.54. The monoisotopic (exact) mass is 217 g/mol. The van der Waals surface area contributed by atoms with Crippen LogP contribution in [0.5, 0.6) is 0 Å². The summed E-state index contributed by atoms with van der Waals surface area (Å²) >= 11 is 0. The van der Waals surface area contributed by atoms with Crippen LogP contribution in [0.2, 0.25) is 0 Å². The first-order valence-corrected chi connectivity index (χ1v) is 5.46. The Morgan fingerprint density at radius 3 is 2.69 bits per heavy atom. The fourth-order valence-electron chi connectivity index (χ4n) is 2.18. The Bertz CT molecular complexity index is 451. The molecule has 1 N–H and O–H groups in total. The van der Waals surface area contributed by atoms with E-state index in [-0.39, 0.29) is 17.6 Å². The van der Waals surface area contributed by atoms with Crippen molar-refractivity contribution in [3.63, 3.8) is 0 Å². The Morgan fingerprint density at radius 2 is 2.19 bits per heavy atom. The van der Waals surface area contributed by atoms with Crippen LogP contribution >= 0.6 is 0 Å². The van der Waals surface area contributed by atoms with Crippen molar-refractivity contribution in [2.24, 2.45) is 0 Å². The molecule has 2 rings (SSSR count). The van der Waals surface area contributed by atoms with Gasteiger partial charge in [-0.15, -0.1) is 0 Å². The molecule has 1 unspecified atom stereocenters. The molecule has 0 aliphatic carbocycles. The number of carbonyl (C=O) groups excluding carboxylic acids is 2. The number of carbonyl (C=O) groups is 2. The molecular formula is C13H15NO2. The molecule has 1 aliphatic rings. The highest BCUT2D eigenvalue weighted by atomic mass is 16.1. The first-order chi connectivity index (χ1) is 7.58. The topological polar surface area (TPSA) is 46.2 Å². The summed E-state index contributed by atoms with van der Waals surface area (Å²) in [7, 11) is 0. The summed E-state index contributed by atoms with van der Waals surface area (Å²) in [6.45, 7) is 4.21. The largest absolute Gasteiger partial charge is 0.355 e. The number of rotatable bonds is 2. The molecule has 1 aliphatic heterocycles. The van der Waals surface area contributed by atoms with Crippen molar-refractivity contribution in [2.45, 2.75) is 26.2 Å². The lowest BCUT2D eigenvalue weighted by molar-refractivity contribution is -0.119. The predicted octanol–water partition coefficient (Wildman–Crippen LogP) is 1.80. The number of amides is 1. The molecule has 0 bridgehead atoms. The molecule has 0 radical (unpaired) electrons. The molecule has 1 amide bonds. The second-order valence-corrected chi connectivity index (χ2v) is 4.34. The summed E-state index contributed by atoms with van der Waals surface area (Å²) < 4.78 is 0. The van der Waals surface area contributed by atoms with Crippen LogP contribution in [0.3, 0.4) is 0 Å². The molecule has 1 atom stereocenters. The highest BCUT2D eigenvalue weighted by molar-refractivity contribution is 5.95. The van der Waals surface area contributed by atoms with Gasteiger partial charge >= 0.3 is 0 Å². The first kappa shape index (κ1) is 10.9. The molecule has 1 saturated heterocycles. The van der Waals surface area contributed by atoms with Gasteiger partial charge in [0, 0.05) is 24.4 Å². The lowest BCUT2D eigenvalue weighted by Gasteiger charge is -2.10. The maximum atomic E-state index is 11.3. The number of benzene rings is 1. The number of aryl methyl sites for hydroxylation is 1. The third-order valence-electron chi connectivity index (χ3n) is 3.08. The minimum Gasteiger partial charge on any atom is -0.355 e. The Hall–Kier alpha value is -1.64. The molecule has 0 spiro atoms.